The second-order valence-corrected chi connectivity index (χ2v) is 9.83. The molecule has 9 heteroatoms. The van der Waals surface area contributed by atoms with Gasteiger partial charge in [-0.2, -0.15) is 0 Å². The van der Waals surface area contributed by atoms with E-state index >= 15 is 0 Å². The van der Waals surface area contributed by atoms with Gasteiger partial charge in [-0.1, -0.05) is 23.9 Å². The van der Waals surface area contributed by atoms with E-state index in [9.17, 15) is 13.2 Å². The molecule has 27 heavy (non-hydrogen) atoms. The van der Waals surface area contributed by atoms with Crippen LogP contribution in [-0.2, 0) is 16.4 Å². The highest BCUT2D eigenvalue weighted by Crippen LogP contribution is 2.34. The number of thioether (sulfide) groups is 1. The van der Waals surface area contributed by atoms with Gasteiger partial charge in [0.25, 0.3) is 5.91 Å². The van der Waals surface area contributed by atoms with Gasteiger partial charge in [0.2, 0.25) is 0 Å². The van der Waals surface area contributed by atoms with E-state index in [1.807, 2.05) is 24.3 Å². The highest BCUT2D eigenvalue weighted by molar-refractivity contribution is 8.15. The van der Waals surface area contributed by atoms with Gasteiger partial charge < -0.3 is 10.6 Å². The average Bonchev–Trinajstić information content (AvgIpc) is 3.13. The molecule has 140 valence electrons. The minimum atomic E-state index is -2.96. The van der Waals surface area contributed by atoms with Gasteiger partial charge in [0.15, 0.2) is 15.0 Å². The van der Waals surface area contributed by atoms with E-state index in [2.05, 4.69) is 20.6 Å². The molecule has 1 fully saturated rings. The van der Waals surface area contributed by atoms with Gasteiger partial charge in [-0.05, 0) is 30.3 Å². The second-order valence-electron chi connectivity index (χ2n) is 6.44. The van der Waals surface area contributed by atoms with Gasteiger partial charge in [-0.15, -0.1) is 0 Å². The van der Waals surface area contributed by atoms with E-state index in [0.717, 1.165) is 11.4 Å². The Morgan fingerprint density at radius 1 is 1.19 bits per heavy atom. The molecular weight excluding hydrogens is 384 g/mol. The third kappa shape index (κ3) is 4.30. The SMILES string of the molecule is O=C(NCc1ccccn1)c1cccc(NC2=NC3CS(=O)(=O)CC3S2)c1. The maximum Gasteiger partial charge on any atom is 0.251 e. The van der Waals surface area contributed by atoms with Crippen LogP contribution in [0.25, 0.3) is 0 Å². The largest absolute Gasteiger partial charge is 0.346 e. The zero-order chi connectivity index (χ0) is 18.9. The Morgan fingerprint density at radius 2 is 2.07 bits per heavy atom. The highest BCUT2D eigenvalue weighted by atomic mass is 32.2. The van der Waals surface area contributed by atoms with Crippen LogP contribution in [0, 0.1) is 0 Å². The zero-order valence-corrected chi connectivity index (χ0v) is 16.0. The second kappa shape index (κ2) is 7.32. The van der Waals surface area contributed by atoms with Crippen LogP contribution >= 0.6 is 11.8 Å². The predicted octanol–water partition coefficient (Wildman–Crippen LogP) is 1.69. The van der Waals surface area contributed by atoms with E-state index < -0.39 is 9.84 Å². The van der Waals surface area contributed by atoms with Crippen molar-refractivity contribution in [1.29, 1.82) is 0 Å². The molecular formula is C18H18N4O3S2. The molecule has 7 nitrogen and oxygen atoms in total. The Labute approximate surface area is 161 Å². The average molecular weight is 403 g/mol. The molecule has 1 aromatic carbocycles. The first-order chi connectivity index (χ1) is 13.0. The number of carbonyl (C=O) groups excluding carboxylic acids is 1. The van der Waals surface area contributed by atoms with E-state index in [-0.39, 0.29) is 28.7 Å². The van der Waals surface area contributed by atoms with Crippen molar-refractivity contribution >= 4 is 38.4 Å². The zero-order valence-electron chi connectivity index (χ0n) is 14.3. The number of amidine groups is 1. The van der Waals surface area contributed by atoms with Gasteiger partial charge in [0.1, 0.15) is 0 Å². The number of hydrogen-bond donors (Lipinski definition) is 2. The van der Waals surface area contributed by atoms with E-state index in [4.69, 9.17) is 0 Å². The number of anilines is 1. The number of fused-ring (bicyclic) bond motifs is 1. The molecule has 2 atom stereocenters. The van der Waals surface area contributed by atoms with Crippen molar-refractivity contribution in [2.24, 2.45) is 4.99 Å². The number of pyridine rings is 1. The summed E-state index contributed by atoms with van der Waals surface area (Å²) >= 11 is 1.45. The molecule has 0 bridgehead atoms. The van der Waals surface area contributed by atoms with Gasteiger partial charge >= 0.3 is 0 Å². The molecule has 3 heterocycles. The lowest BCUT2D eigenvalue weighted by Crippen LogP contribution is -2.23. The van der Waals surface area contributed by atoms with Gasteiger partial charge in [0.05, 0.1) is 29.8 Å². The fourth-order valence-electron chi connectivity index (χ4n) is 3.05. The first-order valence-electron chi connectivity index (χ1n) is 8.49. The molecule has 2 aromatic rings. The fraction of sp³-hybridized carbons (Fsp3) is 0.278. The minimum Gasteiger partial charge on any atom is -0.346 e. The van der Waals surface area contributed by atoms with E-state index in [1.165, 1.54) is 11.8 Å². The number of benzene rings is 1. The molecule has 0 saturated carbocycles. The lowest BCUT2D eigenvalue weighted by Gasteiger charge is -2.09. The normalized spacial score (nSPS) is 22.7. The van der Waals surface area contributed by atoms with Gasteiger partial charge in [-0.3, -0.25) is 14.8 Å². The van der Waals surface area contributed by atoms with Gasteiger partial charge in [-0.25, -0.2) is 8.42 Å². The monoisotopic (exact) mass is 402 g/mol. The van der Waals surface area contributed by atoms with Crippen LogP contribution < -0.4 is 10.6 Å². The standard InChI is InChI=1S/C18H18N4O3S2/c23-17(20-9-14-5-1-2-7-19-14)12-4-3-6-13(8-12)21-18-22-15-10-27(24,25)11-16(15)26-18/h1-8,15-16H,9-11H2,(H,20,23)(H,21,22). The van der Waals surface area contributed by atoms with E-state index in [0.29, 0.717) is 17.3 Å². The Hall–Kier alpha value is -2.39. The fourth-order valence-corrected chi connectivity index (χ4v) is 6.73. The summed E-state index contributed by atoms with van der Waals surface area (Å²) in [5, 5.41) is 6.73. The first kappa shape index (κ1) is 18.0. The minimum absolute atomic E-state index is 0.0117. The topological polar surface area (TPSA) is 101 Å². The molecule has 1 saturated heterocycles. The molecule has 0 aliphatic carbocycles. The molecule has 4 rings (SSSR count). The number of hydrogen-bond acceptors (Lipinski definition) is 7. The number of carbonyl (C=O) groups is 1. The van der Waals surface area contributed by atoms with Gasteiger partial charge in [0, 0.05) is 22.7 Å². The quantitative estimate of drug-likeness (QED) is 0.807. The van der Waals surface area contributed by atoms with Crippen molar-refractivity contribution in [3.05, 3.63) is 59.9 Å². The lowest BCUT2D eigenvalue weighted by molar-refractivity contribution is 0.0950. The molecule has 2 aliphatic heterocycles. The number of nitrogens with zero attached hydrogens (tertiary/aromatic N) is 2. The van der Waals surface area contributed by atoms with Crippen molar-refractivity contribution in [3.63, 3.8) is 0 Å². The molecule has 1 aromatic heterocycles. The number of aliphatic imine (C=N–C) groups is 1. The molecule has 0 radical (unpaired) electrons. The van der Waals surface area contributed by atoms with Crippen LogP contribution in [0.1, 0.15) is 16.1 Å². The van der Waals surface area contributed by atoms with Crippen LogP contribution in [0.5, 0.6) is 0 Å². The number of sulfone groups is 1. The number of rotatable bonds is 4. The summed E-state index contributed by atoms with van der Waals surface area (Å²) in [6, 6.07) is 12.5. The third-order valence-corrected chi connectivity index (χ3v) is 7.49. The van der Waals surface area contributed by atoms with Crippen LogP contribution in [-0.4, -0.2) is 47.3 Å². The molecule has 2 aliphatic rings. The molecule has 2 N–H and O–H groups in total. The smallest absolute Gasteiger partial charge is 0.251 e. The van der Waals surface area contributed by atoms with Crippen molar-refractivity contribution in [1.82, 2.24) is 10.3 Å². The Balaban J connectivity index is 1.39. The molecule has 1 amide bonds. The predicted molar refractivity (Wildman–Crippen MR) is 107 cm³/mol. The van der Waals surface area contributed by atoms with Crippen LogP contribution in [0.4, 0.5) is 5.69 Å². The Morgan fingerprint density at radius 3 is 2.85 bits per heavy atom. The van der Waals surface area contributed by atoms with Crippen molar-refractivity contribution in [2.45, 2.75) is 17.8 Å². The van der Waals surface area contributed by atoms with E-state index in [1.54, 1.807) is 24.4 Å². The molecule has 2 unspecified atom stereocenters. The maximum atomic E-state index is 12.4. The Bertz CT molecular complexity index is 993. The number of amides is 1. The summed E-state index contributed by atoms with van der Waals surface area (Å²) < 4.78 is 23.3. The van der Waals surface area contributed by atoms with Crippen LogP contribution in [0.15, 0.2) is 53.7 Å². The lowest BCUT2D eigenvalue weighted by atomic mass is 10.2. The van der Waals surface area contributed by atoms with Crippen molar-refractivity contribution in [3.8, 4) is 0 Å². The van der Waals surface area contributed by atoms with Crippen LogP contribution in [0.2, 0.25) is 0 Å². The number of aromatic nitrogens is 1. The van der Waals surface area contributed by atoms with Crippen molar-refractivity contribution in [2.75, 3.05) is 16.8 Å². The summed E-state index contributed by atoms with van der Waals surface area (Å²) in [5.41, 5.74) is 2.07. The Kier molecular flexibility index (Phi) is 4.88. The third-order valence-electron chi connectivity index (χ3n) is 4.35. The van der Waals surface area contributed by atoms with Crippen LogP contribution in [0.3, 0.4) is 0 Å². The van der Waals surface area contributed by atoms with Crippen molar-refractivity contribution < 1.29 is 13.2 Å². The summed E-state index contributed by atoms with van der Waals surface area (Å²) in [6.07, 6.45) is 1.69. The first-order valence-corrected chi connectivity index (χ1v) is 11.2. The molecule has 0 spiro atoms. The summed E-state index contributed by atoms with van der Waals surface area (Å²) in [4.78, 5) is 21.0. The highest BCUT2D eigenvalue weighted by Gasteiger charge is 2.42. The summed E-state index contributed by atoms with van der Waals surface area (Å²) in [5.74, 6) is 0.104. The summed E-state index contributed by atoms with van der Waals surface area (Å²) in [6.45, 7) is 0.359. The summed E-state index contributed by atoms with van der Waals surface area (Å²) in [7, 11) is -2.96. The maximum absolute atomic E-state index is 12.4. The number of nitrogens with one attached hydrogen (secondary N) is 2.